The van der Waals surface area contributed by atoms with Crippen molar-refractivity contribution in [2.24, 2.45) is 11.7 Å². The number of primary amides is 1. The van der Waals surface area contributed by atoms with Crippen LogP contribution < -0.4 is 15.8 Å². The number of piperidine rings is 1. The molecule has 0 radical (unpaired) electrons. The number of nitrogens with zero attached hydrogens (tertiary/aromatic N) is 1. The first-order valence-electron chi connectivity index (χ1n) is 6.27. The molecule has 0 atom stereocenters. The summed E-state index contributed by atoms with van der Waals surface area (Å²) < 4.78 is 5.68. The van der Waals surface area contributed by atoms with Crippen molar-refractivity contribution in [2.75, 3.05) is 19.7 Å². The van der Waals surface area contributed by atoms with Crippen molar-refractivity contribution < 1.29 is 9.53 Å². The van der Waals surface area contributed by atoms with E-state index in [1.165, 1.54) is 0 Å². The fourth-order valence-corrected chi connectivity index (χ4v) is 2.19. The van der Waals surface area contributed by atoms with Crippen molar-refractivity contribution in [1.82, 2.24) is 10.3 Å². The van der Waals surface area contributed by atoms with E-state index in [0.29, 0.717) is 24.0 Å². The van der Waals surface area contributed by atoms with Gasteiger partial charge in [0.2, 0.25) is 5.88 Å². The molecule has 0 aromatic carbocycles. The highest BCUT2D eigenvalue weighted by Gasteiger charge is 2.17. The van der Waals surface area contributed by atoms with Gasteiger partial charge in [-0.1, -0.05) is 0 Å². The smallest absolute Gasteiger partial charge is 0.254 e. The monoisotopic (exact) mass is 249 g/mol. The average molecular weight is 249 g/mol. The van der Waals surface area contributed by atoms with Crippen molar-refractivity contribution in [3.63, 3.8) is 0 Å². The number of pyridine rings is 1. The number of aryl methyl sites for hydroxylation is 1. The molecule has 3 N–H and O–H groups in total. The van der Waals surface area contributed by atoms with Gasteiger partial charge in [0.15, 0.2) is 0 Å². The summed E-state index contributed by atoms with van der Waals surface area (Å²) in [7, 11) is 0. The summed E-state index contributed by atoms with van der Waals surface area (Å²) in [4.78, 5) is 15.5. The van der Waals surface area contributed by atoms with Crippen molar-refractivity contribution in [1.29, 1.82) is 0 Å². The second kappa shape index (κ2) is 5.82. The zero-order valence-corrected chi connectivity index (χ0v) is 10.6. The second-order valence-electron chi connectivity index (χ2n) is 4.68. The van der Waals surface area contributed by atoms with E-state index in [4.69, 9.17) is 10.5 Å². The van der Waals surface area contributed by atoms with E-state index in [-0.39, 0.29) is 0 Å². The summed E-state index contributed by atoms with van der Waals surface area (Å²) in [5.41, 5.74) is 6.55. The Morgan fingerprint density at radius 3 is 2.94 bits per heavy atom. The molecule has 0 aliphatic carbocycles. The number of nitrogens with two attached hydrogens (primary N) is 1. The predicted molar refractivity (Wildman–Crippen MR) is 68.6 cm³/mol. The molecule has 0 spiro atoms. The number of hydrogen-bond acceptors (Lipinski definition) is 4. The van der Waals surface area contributed by atoms with Gasteiger partial charge in [0.25, 0.3) is 5.91 Å². The number of ether oxygens (including phenoxy) is 1. The van der Waals surface area contributed by atoms with Crippen molar-refractivity contribution in [3.8, 4) is 5.88 Å². The molecule has 1 aromatic heterocycles. The molecule has 18 heavy (non-hydrogen) atoms. The molecule has 1 fully saturated rings. The van der Waals surface area contributed by atoms with Crippen LogP contribution in [0.4, 0.5) is 0 Å². The van der Waals surface area contributed by atoms with Gasteiger partial charge in [0, 0.05) is 6.20 Å². The third-order valence-corrected chi connectivity index (χ3v) is 3.29. The molecule has 5 heteroatoms. The van der Waals surface area contributed by atoms with Crippen LogP contribution in [0, 0.1) is 12.8 Å². The minimum Gasteiger partial charge on any atom is -0.477 e. The van der Waals surface area contributed by atoms with E-state index in [2.05, 4.69) is 10.3 Å². The SMILES string of the molecule is Cc1ccnc(OCC2CCNCC2)c1C(N)=O. The summed E-state index contributed by atoms with van der Waals surface area (Å²) in [5.74, 6) is 0.399. The number of nitrogens with one attached hydrogen (secondary N) is 1. The van der Waals surface area contributed by atoms with Gasteiger partial charge in [-0.25, -0.2) is 4.98 Å². The van der Waals surface area contributed by atoms with Crippen LogP contribution in [-0.2, 0) is 0 Å². The van der Waals surface area contributed by atoms with Crippen LogP contribution in [0.2, 0.25) is 0 Å². The Bertz CT molecular complexity index is 428. The third-order valence-electron chi connectivity index (χ3n) is 3.29. The highest BCUT2D eigenvalue weighted by molar-refractivity contribution is 5.96. The molecule has 1 amide bonds. The number of hydrogen-bond donors (Lipinski definition) is 2. The Morgan fingerprint density at radius 2 is 2.28 bits per heavy atom. The summed E-state index contributed by atoms with van der Waals surface area (Å²) in [6.07, 6.45) is 3.83. The van der Waals surface area contributed by atoms with Gasteiger partial charge in [-0.05, 0) is 50.4 Å². The molecule has 0 unspecified atom stereocenters. The predicted octanol–water partition coefficient (Wildman–Crippen LogP) is 0.867. The standard InChI is InChI=1S/C13H19N3O2/c1-9-2-7-16-13(11(9)12(14)17)18-8-10-3-5-15-6-4-10/h2,7,10,15H,3-6,8H2,1H3,(H2,14,17). The number of amides is 1. The molecular weight excluding hydrogens is 230 g/mol. The minimum atomic E-state index is -0.485. The summed E-state index contributed by atoms with van der Waals surface area (Å²) in [5, 5.41) is 3.31. The number of aromatic nitrogens is 1. The Kier molecular flexibility index (Phi) is 4.15. The van der Waals surface area contributed by atoms with Gasteiger partial charge in [0.05, 0.1) is 6.61 Å². The molecular formula is C13H19N3O2. The molecule has 0 bridgehead atoms. The van der Waals surface area contributed by atoms with Crippen LogP contribution in [0.5, 0.6) is 5.88 Å². The van der Waals surface area contributed by atoms with Crippen LogP contribution in [-0.4, -0.2) is 30.6 Å². The lowest BCUT2D eigenvalue weighted by Gasteiger charge is -2.22. The first-order valence-corrected chi connectivity index (χ1v) is 6.27. The van der Waals surface area contributed by atoms with Gasteiger partial charge < -0.3 is 15.8 Å². The molecule has 1 aliphatic heterocycles. The normalized spacial score (nSPS) is 16.5. The van der Waals surface area contributed by atoms with Gasteiger partial charge >= 0.3 is 0 Å². The first kappa shape index (κ1) is 12.8. The maximum absolute atomic E-state index is 11.4. The van der Waals surface area contributed by atoms with E-state index in [1.54, 1.807) is 12.3 Å². The van der Waals surface area contributed by atoms with Gasteiger partial charge in [-0.3, -0.25) is 4.79 Å². The summed E-state index contributed by atoms with van der Waals surface area (Å²) >= 11 is 0. The molecule has 2 rings (SSSR count). The highest BCUT2D eigenvalue weighted by atomic mass is 16.5. The molecule has 2 heterocycles. The molecule has 1 saturated heterocycles. The molecule has 1 aromatic rings. The van der Waals surface area contributed by atoms with Gasteiger partial charge in [-0.2, -0.15) is 0 Å². The van der Waals surface area contributed by atoms with Crippen molar-refractivity contribution in [2.45, 2.75) is 19.8 Å². The minimum absolute atomic E-state index is 0.362. The van der Waals surface area contributed by atoms with E-state index in [0.717, 1.165) is 31.5 Å². The van der Waals surface area contributed by atoms with E-state index < -0.39 is 5.91 Å². The largest absolute Gasteiger partial charge is 0.477 e. The molecule has 5 nitrogen and oxygen atoms in total. The Balaban J connectivity index is 2.04. The highest BCUT2D eigenvalue weighted by Crippen LogP contribution is 2.20. The zero-order valence-electron chi connectivity index (χ0n) is 10.6. The van der Waals surface area contributed by atoms with Gasteiger partial charge in [0.1, 0.15) is 5.56 Å². The van der Waals surface area contributed by atoms with Gasteiger partial charge in [-0.15, -0.1) is 0 Å². The fourth-order valence-electron chi connectivity index (χ4n) is 2.19. The molecule has 98 valence electrons. The fraction of sp³-hybridized carbons (Fsp3) is 0.538. The Hall–Kier alpha value is -1.62. The molecule has 1 aliphatic rings. The quantitative estimate of drug-likeness (QED) is 0.830. The maximum Gasteiger partial charge on any atom is 0.254 e. The van der Waals surface area contributed by atoms with E-state index >= 15 is 0 Å². The third kappa shape index (κ3) is 2.98. The second-order valence-corrected chi connectivity index (χ2v) is 4.68. The van der Waals surface area contributed by atoms with Crippen LogP contribution in [0.25, 0.3) is 0 Å². The lowest BCUT2D eigenvalue weighted by molar-refractivity contribution is 0.0992. The first-order chi connectivity index (χ1) is 8.68. The van der Waals surface area contributed by atoms with E-state index in [9.17, 15) is 4.79 Å². The van der Waals surface area contributed by atoms with Crippen LogP contribution in [0.3, 0.4) is 0 Å². The Labute approximate surface area is 107 Å². The topological polar surface area (TPSA) is 77.2 Å². The van der Waals surface area contributed by atoms with Crippen LogP contribution in [0.15, 0.2) is 12.3 Å². The Morgan fingerprint density at radius 1 is 1.56 bits per heavy atom. The number of rotatable bonds is 4. The number of carbonyl (C=O) groups excluding carboxylic acids is 1. The lowest BCUT2D eigenvalue weighted by Crippen LogP contribution is -2.31. The molecule has 0 saturated carbocycles. The van der Waals surface area contributed by atoms with Crippen LogP contribution >= 0.6 is 0 Å². The lowest BCUT2D eigenvalue weighted by atomic mass is 9.99. The van der Waals surface area contributed by atoms with Crippen molar-refractivity contribution in [3.05, 3.63) is 23.4 Å². The average Bonchev–Trinajstić information content (AvgIpc) is 2.37. The van der Waals surface area contributed by atoms with E-state index in [1.807, 2.05) is 6.92 Å². The van der Waals surface area contributed by atoms with Crippen LogP contribution in [0.1, 0.15) is 28.8 Å². The maximum atomic E-state index is 11.4. The summed E-state index contributed by atoms with van der Waals surface area (Å²) in [6, 6.07) is 1.76. The zero-order chi connectivity index (χ0) is 13.0. The van der Waals surface area contributed by atoms with Crippen molar-refractivity contribution >= 4 is 5.91 Å². The number of carbonyl (C=O) groups is 1. The summed E-state index contributed by atoms with van der Waals surface area (Å²) in [6.45, 7) is 4.48.